The molecule has 10 nitrogen and oxygen atoms in total. The first-order valence-electron chi connectivity index (χ1n) is 16.4. The molecule has 13 heteroatoms. The second-order valence-corrected chi connectivity index (χ2v) is 14.1. The quantitative estimate of drug-likeness (QED) is 0.202. The van der Waals surface area contributed by atoms with Gasteiger partial charge in [0.25, 0.3) is 11.8 Å². The highest BCUT2D eigenvalue weighted by atomic mass is 79.9. The van der Waals surface area contributed by atoms with E-state index >= 15 is 0 Å². The first-order chi connectivity index (χ1) is 22.9. The molecule has 0 bridgehead atoms. The number of aryl methyl sites for hydroxylation is 4. The Morgan fingerprint density at radius 2 is 1.34 bits per heavy atom. The third-order valence-corrected chi connectivity index (χ3v) is 9.30. The lowest BCUT2D eigenvalue weighted by atomic mass is 9.89. The van der Waals surface area contributed by atoms with Crippen LogP contribution < -0.4 is 10.6 Å². The normalized spacial score (nSPS) is 17.8. The Bertz CT molecular complexity index is 1700. The van der Waals surface area contributed by atoms with Crippen LogP contribution in [0.3, 0.4) is 0 Å². The molecular formula is C37H49BrCl2N4O6. The average molecular weight is 797 g/mol. The van der Waals surface area contributed by atoms with Gasteiger partial charge in [-0.25, -0.2) is 4.79 Å². The van der Waals surface area contributed by atoms with E-state index < -0.39 is 11.5 Å². The summed E-state index contributed by atoms with van der Waals surface area (Å²) in [5.74, 6) is 0.848. The van der Waals surface area contributed by atoms with Gasteiger partial charge in [0.1, 0.15) is 11.5 Å². The number of nitrogens with zero attached hydrogens (tertiary/aromatic N) is 2. The molecule has 0 spiro atoms. The van der Waals surface area contributed by atoms with Crippen LogP contribution in [0.25, 0.3) is 11.1 Å². The number of aliphatic hydroxyl groups excluding tert-OH is 1. The fourth-order valence-electron chi connectivity index (χ4n) is 5.76. The highest BCUT2D eigenvalue weighted by Crippen LogP contribution is 2.43. The van der Waals surface area contributed by atoms with Crippen molar-refractivity contribution in [3.05, 3.63) is 79.2 Å². The second-order valence-electron chi connectivity index (χ2n) is 12.9. The number of hydrogen-bond acceptors (Lipinski definition) is 6. The van der Waals surface area contributed by atoms with E-state index in [1.165, 1.54) is 28.2 Å². The fraction of sp³-hybridized carbons (Fsp3) is 0.459. The van der Waals surface area contributed by atoms with E-state index in [9.17, 15) is 24.3 Å². The number of benzene rings is 2. The van der Waals surface area contributed by atoms with E-state index in [2.05, 4.69) is 45.6 Å². The van der Waals surface area contributed by atoms with Gasteiger partial charge >= 0.3 is 11.5 Å². The molecule has 4 amide bonds. The molecule has 2 unspecified atom stereocenters. The molecule has 0 radical (unpaired) electrons. The molecule has 274 valence electrons. The van der Waals surface area contributed by atoms with Crippen molar-refractivity contribution >= 4 is 74.4 Å². The van der Waals surface area contributed by atoms with Gasteiger partial charge in [-0.05, 0) is 122 Å². The molecule has 1 saturated carbocycles. The van der Waals surface area contributed by atoms with Crippen LogP contribution >= 0.6 is 39.9 Å². The van der Waals surface area contributed by atoms with Crippen molar-refractivity contribution in [2.75, 3.05) is 28.2 Å². The molecule has 50 heavy (non-hydrogen) atoms. The number of carbonyl (C=O) groups excluding carboxylic acids is 4. The molecule has 2 atom stereocenters. The lowest BCUT2D eigenvalue weighted by Crippen LogP contribution is -2.29. The maximum atomic E-state index is 12.6. The number of nitrogens with one attached hydrogen (secondary N) is 2. The summed E-state index contributed by atoms with van der Waals surface area (Å²) >= 11 is 8.36. The second kappa shape index (κ2) is 18.1. The molecule has 1 aliphatic carbocycles. The minimum absolute atomic E-state index is 0. The largest absolute Gasteiger partial charge is 0.509 e. The minimum atomic E-state index is -0.471. The number of amides is 4. The average Bonchev–Trinajstić information content (AvgIpc) is 3.79. The van der Waals surface area contributed by atoms with Gasteiger partial charge < -0.3 is 30.3 Å². The third kappa shape index (κ3) is 10.0. The van der Waals surface area contributed by atoms with Crippen LogP contribution in [0.5, 0.6) is 0 Å². The standard InChI is InChI=1S/C20H26N2O3.C14H16BrNO2.C3H6ClNO.ClH/c1-6-13-10-15(14-7-8-14)9-11(2)16(13)17-18(12(3)21-19(17)23)25-20(24)22(4)5;1-4-9-6-10(15)5-7(2)11(9)12-13(17)8(3)16-14(12)18;1-5(2)3(4)6;/h9-10,12,14H,6-8H2,1-5H3,(H,21,23);5-6,8,17H,4H2,1-3H3,(H,16,18);1-2H3;1H. The minimum Gasteiger partial charge on any atom is -0.509 e. The van der Waals surface area contributed by atoms with E-state index in [4.69, 9.17) is 16.3 Å². The van der Waals surface area contributed by atoms with Crippen molar-refractivity contribution in [1.29, 1.82) is 0 Å². The zero-order chi connectivity index (χ0) is 36.9. The van der Waals surface area contributed by atoms with Crippen LogP contribution in [0.15, 0.2) is 40.3 Å². The highest BCUT2D eigenvalue weighted by Gasteiger charge is 2.36. The van der Waals surface area contributed by atoms with Crippen LogP contribution in [0.1, 0.15) is 85.4 Å². The third-order valence-electron chi connectivity index (χ3n) is 8.50. The Hall–Kier alpha value is -3.54. The number of ether oxygens (including phenoxy) is 1. The van der Waals surface area contributed by atoms with E-state index in [0.29, 0.717) is 22.8 Å². The van der Waals surface area contributed by atoms with E-state index in [-0.39, 0.29) is 42.1 Å². The van der Waals surface area contributed by atoms with Gasteiger partial charge in [0.2, 0.25) is 0 Å². The molecule has 2 heterocycles. The predicted octanol–water partition coefficient (Wildman–Crippen LogP) is 7.80. The van der Waals surface area contributed by atoms with Crippen molar-refractivity contribution < 1.29 is 29.0 Å². The van der Waals surface area contributed by atoms with Crippen molar-refractivity contribution in [2.45, 2.75) is 85.2 Å². The van der Waals surface area contributed by atoms with Crippen molar-refractivity contribution in [3.63, 3.8) is 0 Å². The number of halogens is 3. The van der Waals surface area contributed by atoms with Gasteiger partial charge in [-0.15, -0.1) is 12.4 Å². The molecule has 0 saturated heterocycles. The first-order valence-corrected chi connectivity index (χ1v) is 17.6. The Labute approximate surface area is 315 Å². The molecule has 3 N–H and O–H groups in total. The summed E-state index contributed by atoms with van der Waals surface area (Å²) in [6.07, 6.45) is 3.66. The first kappa shape index (κ1) is 42.6. The molecular weight excluding hydrogens is 747 g/mol. The van der Waals surface area contributed by atoms with Crippen LogP contribution in [-0.4, -0.2) is 78.5 Å². The summed E-state index contributed by atoms with van der Waals surface area (Å²) in [5.41, 5.74) is 8.31. The van der Waals surface area contributed by atoms with E-state index in [1.54, 1.807) is 35.1 Å². The Kier molecular flexibility index (Phi) is 15.4. The smallest absolute Gasteiger partial charge is 0.414 e. The predicted molar refractivity (Wildman–Crippen MR) is 205 cm³/mol. The SMILES string of the molecule is CCc1cc(Br)cc(C)c1C1=C(O)C(C)NC1=O.CCc1cc(C2CC2)cc(C)c1C1=C(OC(=O)N(C)C)C(C)NC1=O.CN(C)C(=O)Cl.Cl. The van der Waals surface area contributed by atoms with Crippen LogP contribution in [0.2, 0.25) is 0 Å². The van der Waals surface area contributed by atoms with Gasteiger partial charge in [-0.2, -0.15) is 0 Å². The zero-order valence-corrected chi connectivity index (χ0v) is 33.6. The monoisotopic (exact) mass is 794 g/mol. The number of hydrogen-bond donors (Lipinski definition) is 3. The number of aliphatic hydroxyl groups is 1. The Morgan fingerprint density at radius 3 is 1.80 bits per heavy atom. The maximum absolute atomic E-state index is 12.6. The van der Waals surface area contributed by atoms with Gasteiger partial charge in [0.05, 0.1) is 23.2 Å². The van der Waals surface area contributed by atoms with Gasteiger partial charge in [0.15, 0.2) is 0 Å². The summed E-state index contributed by atoms with van der Waals surface area (Å²) in [6, 6.07) is 7.73. The van der Waals surface area contributed by atoms with Gasteiger partial charge in [-0.1, -0.05) is 41.9 Å². The lowest BCUT2D eigenvalue weighted by molar-refractivity contribution is -0.116. The summed E-state index contributed by atoms with van der Waals surface area (Å²) in [5, 5.41) is 15.3. The molecule has 2 aromatic carbocycles. The Morgan fingerprint density at radius 1 is 0.860 bits per heavy atom. The van der Waals surface area contributed by atoms with Crippen LogP contribution in [0.4, 0.5) is 9.59 Å². The zero-order valence-electron chi connectivity index (χ0n) is 30.4. The molecule has 5 rings (SSSR count). The number of rotatable bonds is 6. The van der Waals surface area contributed by atoms with Gasteiger partial charge in [0, 0.05) is 32.7 Å². The molecule has 0 aromatic heterocycles. The maximum Gasteiger partial charge on any atom is 0.414 e. The topological polar surface area (TPSA) is 128 Å². The van der Waals surface area contributed by atoms with Crippen molar-refractivity contribution in [3.8, 4) is 0 Å². The summed E-state index contributed by atoms with van der Waals surface area (Å²) in [7, 11) is 6.44. The van der Waals surface area contributed by atoms with Crippen molar-refractivity contribution in [2.24, 2.45) is 0 Å². The molecule has 3 aliphatic rings. The Balaban J connectivity index is 0.000000304. The van der Waals surface area contributed by atoms with Gasteiger partial charge in [-0.3, -0.25) is 14.4 Å². The summed E-state index contributed by atoms with van der Waals surface area (Å²) in [4.78, 5) is 49.1. The molecule has 2 aliphatic heterocycles. The lowest BCUT2D eigenvalue weighted by Gasteiger charge is -2.17. The summed E-state index contributed by atoms with van der Waals surface area (Å²) in [6.45, 7) is 11.7. The number of carbonyl (C=O) groups is 4. The molecule has 2 aromatic rings. The van der Waals surface area contributed by atoms with E-state index in [0.717, 1.165) is 50.7 Å². The van der Waals surface area contributed by atoms with Crippen LogP contribution in [0, 0.1) is 13.8 Å². The molecule has 1 fully saturated rings. The van der Waals surface area contributed by atoms with Crippen molar-refractivity contribution in [1.82, 2.24) is 20.4 Å². The summed E-state index contributed by atoms with van der Waals surface area (Å²) < 4.78 is 6.54. The fourth-order valence-corrected chi connectivity index (χ4v) is 6.38. The highest BCUT2D eigenvalue weighted by molar-refractivity contribution is 9.10. The van der Waals surface area contributed by atoms with E-state index in [1.807, 2.05) is 39.8 Å². The van der Waals surface area contributed by atoms with Crippen LogP contribution in [-0.2, 0) is 27.2 Å².